The molecule has 0 bridgehead atoms. The Balaban J connectivity index is 2.24. The molecule has 0 saturated carbocycles. The van der Waals surface area contributed by atoms with Crippen LogP contribution in [-0.2, 0) is 17.6 Å². The molecule has 1 atom stereocenters. The maximum Gasteiger partial charge on any atom is 0.413 e. The Kier molecular flexibility index (Phi) is 4.17. The van der Waals surface area contributed by atoms with Crippen molar-refractivity contribution in [3.63, 3.8) is 0 Å². The Morgan fingerprint density at radius 3 is 2.86 bits per heavy atom. The highest BCUT2D eigenvalue weighted by atomic mass is 16.6. The Morgan fingerprint density at radius 2 is 2.24 bits per heavy atom. The summed E-state index contributed by atoms with van der Waals surface area (Å²) in [7, 11) is 0. The van der Waals surface area contributed by atoms with Gasteiger partial charge in [-0.2, -0.15) is 5.26 Å². The van der Waals surface area contributed by atoms with Gasteiger partial charge in [0.15, 0.2) is 5.82 Å². The summed E-state index contributed by atoms with van der Waals surface area (Å²) >= 11 is 0. The van der Waals surface area contributed by atoms with E-state index in [4.69, 9.17) is 4.74 Å². The van der Waals surface area contributed by atoms with Gasteiger partial charge in [0.2, 0.25) is 0 Å². The number of ether oxygens (including phenoxy) is 1. The van der Waals surface area contributed by atoms with Gasteiger partial charge in [-0.3, -0.25) is 5.32 Å². The van der Waals surface area contributed by atoms with Gasteiger partial charge in [-0.05, 0) is 57.6 Å². The van der Waals surface area contributed by atoms with Crippen LogP contribution in [0.25, 0.3) is 0 Å². The number of carbonyl (C=O) groups excluding carboxylic acids is 1. The average Bonchev–Trinajstić information content (AvgIpc) is 2.36. The Morgan fingerprint density at radius 1 is 1.52 bits per heavy atom. The number of fused-ring (bicyclic) bond motifs is 1. The molecule has 5 heteroatoms. The lowest BCUT2D eigenvalue weighted by Crippen LogP contribution is -2.28. The Bertz CT molecular complexity index is 597. The summed E-state index contributed by atoms with van der Waals surface area (Å²) in [5.41, 5.74) is 1.88. The van der Waals surface area contributed by atoms with Crippen LogP contribution in [0, 0.1) is 17.2 Å². The van der Waals surface area contributed by atoms with Gasteiger partial charge in [-0.25, -0.2) is 9.78 Å². The number of amides is 1. The van der Waals surface area contributed by atoms with Crippen LogP contribution >= 0.6 is 0 Å². The second-order valence-corrected chi connectivity index (χ2v) is 6.58. The van der Waals surface area contributed by atoms with E-state index in [1.54, 1.807) is 20.8 Å². The number of aromatic nitrogens is 1. The first-order chi connectivity index (χ1) is 9.78. The van der Waals surface area contributed by atoms with Crippen molar-refractivity contribution in [3.8, 4) is 6.07 Å². The lowest BCUT2D eigenvalue weighted by Gasteiger charge is -2.23. The van der Waals surface area contributed by atoms with E-state index in [1.165, 1.54) is 0 Å². The van der Waals surface area contributed by atoms with E-state index >= 15 is 0 Å². The maximum atomic E-state index is 11.8. The minimum Gasteiger partial charge on any atom is -0.444 e. The van der Waals surface area contributed by atoms with E-state index in [1.807, 2.05) is 6.07 Å². The zero-order valence-corrected chi connectivity index (χ0v) is 13.0. The van der Waals surface area contributed by atoms with Crippen molar-refractivity contribution in [2.45, 2.75) is 52.6 Å². The third kappa shape index (κ3) is 3.94. The van der Waals surface area contributed by atoms with Gasteiger partial charge in [-0.1, -0.05) is 6.92 Å². The normalized spacial score (nSPS) is 17.6. The van der Waals surface area contributed by atoms with Crippen molar-refractivity contribution in [1.29, 1.82) is 5.26 Å². The fourth-order valence-corrected chi connectivity index (χ4v) is 2.43. The molecule has 1 N–H and O–H groups in total. The van der Waals surface area contributed by atoms with Crippen LogP contribution in [0.3, 0.4) is 0 Å². The van der Waals surface area contributed by atoms with Crippen molar-refractivity contribution in [3.05, 3.63) is 22.9 Å². The molecule has 0 radical (unpaired) electrons. The molecule has 0 spiro atoms. The van der Waals surface area contributed by atoms with Crippen LogP contribution in [0.15, 0.2) is 6.07 Å². The highest BCUT2D eigenvalue weighted by Crippen LogP contribution is 2.27. The number of nitriles is 1. The fraction of sp³-hybridized carbons (Fsp3) is 0.562. The monoisotopic (exact) mass is 287 g/mol. The quantitative estimate of drug-likeness (QED) is 0.858. The van der Waals surface area contributed by atoms with Crippen LogP contribution < -0.4 is 5.32 Å². The molecule has 1 heterocycles. The zero-order chi connectivity index (χ0) is 15.6. The molecule has 0 aromatic carbocycles. The summed E-state index contributed by atoms with van der Waals surface area (Å²) in [5.74, 6) is 0.899. The van der Waals surface area contributed by atoms with Gasteiger partial charge in [0.25, 0.3) is 0 Å². The molecule has 1 aliphatic rings. The SMILES string of the molecule is CC1CCc2nc(NC(=O)OC(C)(C)C)c(C#N)cc2C1. The molecule has 1 aromatic heterocycles. The third-order valence-corrected chi connectivity index (χ3v) is 3.37. The molecule has 0 fully saturated rings. The van der Waals surface area contributed by atoms with Crippen LogP contribution in [0.5, 0.6) is 0 Å². The number of hydrogen-bond acceptors (Lipinski definition) is 4. The molecule has 112 valence electrons. The third-order valence-electron chi connectivity index (χ3n) is 3.37. The smallest absolute Gasteiger partial charge is 0.413 e. The highest BCUT2D eigenvalue weighted by Gasteiger charge is 2.22. The average molecular weight is 287 g/mol. The number of nitrogens with one attached hydrogen (secondary N) is 1. The molecule has 0 saturated heterocycles. The van der Waals surface area contributed by atoms with Crippen molar-refractivity contribution in [2.24, 2.45) is 5.92 Å². The first-order valence-corrected chi connectivity index (χ1v) is 7.21. The number of anilines is 1. The Hall–Kier alpha value is -2.09. The lowest BCUT2D eigenvalue weighted by atomic mass is 9.87. The molecular formula is C16H21N3O2. The molecule has 21 heavy (non-hydrogen) atoms. The minimum atomic E-state index is -0.587. The second-order valence-electron chi connectivity index (χ2n) is 6.58. The fourth-order valence-electron chi connectivity index (χ4n) is 2.43. The number of aryl methyl sites for hydroxylation is 1. The van der Waals surface area contributed by atoms with E-state index < -0.39 is 11.7 Å². The van der Waals surface area contributed by atoms with E-state index in [0.29, 0.717) is 17.3 Å². The summed E-state index contributed by atoms with van der Waals surface area (Å²) in [4.78, 5) is 16.3. The van der Waals surface area contributed by atoms with Gasteiger partial charge in [0.1, 0.15) is 11.7 Å². The number of carbonyl (C=O) groups is 1. The summed E-state index contributed by atoms with van der Waals surface area (Å²) in [6.45, 7) is 7.57. The molecule has 5 nitrogen and oxygen atoms in total. The predicted molar refractivity (Wildman–Crippen MR) is 80.0 cm³/mol. The topological polar surface area (TPSA) is 75.0 Å². The first kappa shape index (κ1) is 15.3. The number of hydrogen-bond donors (Lipinski definition) is 1. The maximum absolute atomic E-state index is 11.8. The molecule has 1 unspecified atom stereocenters. The summed E-state index contributed by atoms with van der Waals surface area (Å²) in [5, 5.41) is 11.8. The second kappa shape index (κ2) is 5.72. The zero-order valence-electron chi connectivity index (χ0n) is 13.0. The van der Waals surface area contributed by atoms with Gasteiger partial charge in [-0.15, -0.1) is 0 Å². The van der Waals surface area contributed by atoms with E-state index in [2.05, 4.69) is 23.3 Å². The largest absolute Gasteiger partial charge is 0.444 e. The predicted octanol–water partition coefficient (Wildman–Crippen LogP) is 3.43. The number of nitrogens with zero attached hydrogens (tertiary/aromatic N) is 2. The van der Waals surface area contributed by atoms with Crippen molar-refractivity contribution >= 4 is 11.9 Å². The van der Waals surface area contributed by atoms with E-state index in [9.17, 15) is 10.1 Å². The summed E-state index contributed by atoms with van der Waals surface area (Å²) < 4.78 is 5.20. The van der Waals surface area contributed by atoms with Crippen molar-refractivity contribution in [1.82, 2.24) is 4.98 Å². The van der Waals surface area contributed by atoms with Crippen LogP contribution in [0.2, 0.25) is 0 Å². The van der Waals surface area contributed by atoms with Crippen molar-refractivity contribution < 1.29 is 9.53 Å². The Labute approximate surface area is 125 Å². The van der Waals surface area contributed by atoms with Crippen LogP contribution in [0.1, 0.15) is 50.9 Å². The molecule has 1 aromatic rings. The lowest BCUT2D eigenvalue weighted by molar-refractivity contribution is 0.0635. The van der Waals surface area contributed by atoms with Crippen molar-refractivity contribution in [2.75, 3.05) is 5.32 Å². The van der Waals surface area contributed by atoms with Gasteiger partial charge in [0.05, 0.1) is 5.56 Å². The van der Waals surface area contributed by atoms with Crippen LogP contribution in [-0.4, -0.2) is 16.7 Å². The minimum absolute atomic E-state index is 0.292. The molecule has 1 aliphatic carbocycles. The number of pyridine rings is 1. The summed E-state index contributed by atoms with van der Waals surface area (Å²) in [6, 6.07) is 3.93. The van der Waals surface area contributed by atoms with Gasteiger partial charge < -0.3 is 4.74 Å². The van der Waals surface area contributed by atoms with Crippen LogP contribution in [0.4, 0.5) is 10.6 Å². The van der Waals surface area contributed by atoms with E-state index in [0.717, 1.165) is 30.5 Å². The first-order valence-electron chi connectivity index (χ1n) is 7.21. The summed E-state index contributed by atoms with van der Waals surface area (Å²) in [6.07, 6.45) is 2.31. The molecule has 1 amide bonds. The highest BCUT2D eigenvalue weighted by molar-refractivity contribution is 5.85. The molecular weight excluding hydrogens is 266 g/mol. The van der Waals surface area contributed by atoms with Gasteiger partial charge >= 0.3 is 6.09 Å². The molecule has 2 rings (SSSR count). The number of rotatable bonds is 1. The van der Waals surface area contributed by atoms with E-state index in [-0.39, 0.29) is 0 Å². The molecule has 0 aliphatic heterocycles. The van der Waals surface area contributed by atoms with Gasteiger partial charge in [0, 0.05) is 5.69 Å². The standard InChI is InChI=1S/C16H21N3O2/c1-10-5-6-13-11(7-10)8-12(9-17)14(18-13)19-15(20)21-16(2,3)4/h8,10H,5-7H2,1-4H3,(H,18,19,20).